The van der Waals surface area contributed by atoms with Crippen LogP contribution in [0.25, 0.3) is 0 Å². The number of morpholine rings is 1. The Morgan fingerprint density at radius 2 is 1.89 bits per heavy atom. The van der Waals surface area contributed by atoms with Gasteiger partial charge in [-0.25, -0.2) is 10.4 Å². The van der Waals surface area contributed by atoms with Crippen molar-refractivity contribution in [3.05, 3.63) is 94.0 Å². The van der Waals surface area contributed by atoms with Crippen LogP contribution in [0.15, 0.2) is 82.3 Å². The van der Waals surface area contributed by atoms with Gasteiger partial charge in [0, 0.05) is 55.7 Å². The highest BCUT2D eigenvalue weighted by atomic mass is 79.9. The highest BCUT2D eigenvalue weighted by molar-refractivity contribution is 9.10. The van der Waals surface area contributed by atoms with E-state index in [4.69, 9.17) is 29.0 Å². The molecule has 2 heterocycles. The molecule has 10 nitrogen and oxygen atoms in total. The van der Waals surface area contributed by atoms with Crippen molar-refractivity contribution in [3.63, 3.8) is 0 Å². The van der Waals surface area contributed by atoms with Crippen LogP contribution in [0.4, 0.5) is 0 Å². The average Bonchev–Trinajstić information content (AvgIpc) is 3.45. The van der Waals surface area contributed by atoms with Gasteiger partial charge in [-0.2, -0.15) is 0 Å². The number of hydrogen-bond donors (Lipinski definition) is 3. The van der Waals surface area contributed by atoms with Crippen molar-refractivity contribution in [2.75, 3.05) is 59.7 Å². The monoisotopic (exact) mass is 666 g/mol. The SMILES string of the molecule is COc1cccc([C@@H]2OC(c3ccc(OCCCO)cc3)=N[C@]2(Cc2ccccc2Br)C(=O)NNCCN2CCOCC2)c1. The number of rotatable bonds is 14. The molecule has 3 aromatic carbocycles. The summed E-state index contributed by atoms with van der Waals surface area (Å²) in [7, 11) is 1.61. The first-order valence-electron chi connectivity index (χ1n) is 14.8. The Bertz CT molecular complexity index is 1420. The van der Waals surface area contributed by atoms with E-state index in [0.717, 1.165) is 40.8 Å². The average molecular weight is 668 g/mol. The number of ether oxygens (including phenoxy) is 4. The predicted molar refractivity (Wildman–Crippen MR) is 171 cm³/mol. The molecule has 0 radical (unpaired) electrons. The molecule has 0 aliphatic carbocycles. The number of hydrogen-bond acceptors (Lipinski definition) is 9. The molecule has 2 atom stereocenters. The summed E-state index contributed by atoms with van der Waals surface area (Å²) in [6.07, 6.45) is 0.0766. The lowest BCUT2D eigenvalue weighted by Gasteiger charge is -2.31. The molecule has 44 heavy (non-hydrogen) atoms. The fourth-order valence-corrected chi connectivity index (χ4v) is 5.73. The number of halogens is 1. The minimum absolute atomic E-state index is 0.0676. The second-order valence-corrected chi connectivity index (χ2v) is 11.5. The van der Waals surface area contributed by atoms with E-state index in [0.29, 0.717) is 50.2 Å². The van der Waals surface area contributed by atoms with E-state index in [1.165, 1.54) is 0 Å². The van der Waals surface area contributed by atoms with Crippen molar-refractivity contribution in [2.45, 2.75) is 24.5 Å². The molecule has 1 fully saturated rings. The molecule has 11 heteroatoms. The zero-order valence-corrected chi connectivity index (χ0v) is 26.4. The molecule has 0 bridgehead atoms. The van der Waals surface area contributed by atoms with Gasteiger partial charge >= 0.3 is 0 Å². The molecule has 1 amide bonds. The molecule has 234 valence electrons. The normalized spacial score (nSPS) is 20.1. The summed E-state index contributed by atoms with van der Waals surface area (Å²) in [5.41, 5.74) is 7.15. The molecule has 0 unspecified atom stereocenters. The van der Waals surface area contributed by atoms with Crippen LogP contribution in [0.3, 0.4) is 0 Å². The third kappa shape index (κ3) is 7.77. The van der Waals surface area contributed by atoms with Crippen LogP contribution in [-0.4, -0.2) is 87.1 Å². The van der Waals surface area contributed by atoms with Gasteiger partial charge in [0.1, 0.15) is 11.5 Å². The molecule has 0 saturated carbocycles. The lowest BCUT2D eigenvalue weighted by molar-refractivity contribution is -0.130. The van der Waals surface area contributed by atoms with E-state index in [1.807, 2.05) is 72.8 Å². The van der Waals surface area contributed by atoms with Gasteiger partial charge in [0.15, 0.2) is 11.6 Å². The summed E-state index contributed by atoms with van der Waals surface area (Å²) in [5.74, 6) is 1.38. The number of aliphatic hydroxyl groups is 1. The summed E-state index contributed by atoms with van der Waals surface area (Å²) in [4.78, 5) is 21.8. The van der Waals surface area contributed by atoms with Crippen molar-refractivity contribution < 1.29 is 28.8 Å². The minimum atomic E-state index is -1.35. The summed E-state index contributed by atoms with van der Waals surface area (Å²) < 4.78 is 24.2. The number of aliphatic hydroxyl groups excluding tert-OH is 1. The van der Waals surface area contributed by atoms with Crippen molar-refractivity contribution in [1.82, 2.24) is 15.8 Å². The Hall–Kier alpha value is -3.48. The number of amides is 1. The first kappa shape index (κ1) is 31.9. The van der Waals surface area contributed by atoms with Crippen LogP contribution in [0.5, 0.6) is 11.5 Å². The zero-order chi connectivity index (χ0) is 30.8. The molecule has 2 aliphatic heterocycles. The van der Waals surface area contributed by atoms with Gasteiger partial charge in [-0.1, -0.05) is 46.3 Å². The first-order valence-corrected chi connectivity index (χ1v) is 15.6. The lowest BCUT2D eigenvalue weighted by Crippen LogP contribution is -2.55. The maximum Gasteiger partial charge on any atom is 0.266 e. The van der Waals surface area contributed by atoms with Gasteiger partial charge in [-0.15, -0.1) is 0 Å². The molecule has 1 saturated heterocycles. The molecular formula is C33H39BrN4O6. The van der Waals surface area contributed by atoms with Crippen molar-refractivity contribution in [1.29, 1.82) is 0 Å². The number of methoxy groups -OCH3 is 1. The van der Waals surface area contributed by atoms with E-state index in [1.54, 1.807) is 7.11 Å². The zero-order valence-electron chi connectivity index (χ0n) is 24.8. The quantitative estimate of drug-likeness (QED) is 0.177. The number of hydrazine groups is 1. The Labute approximate surface area is 266 Å². The highest BCUT2D eigenvalue weighted by Gasteiger charge is 2.53. The highest BCUT2D eigenvalue weighted by Crippen LogP contribution is 2.44. The van der Waals surface area contributed by atoms with Gasteiger partial charge in [-0.3, -0.25) is 15.1 Å². The molecule has 5 rings (SSSR count). The number of nitrogens with one attached hydrogen (secondary N) is 2. The smallest absolute Gasteiger partial charge is 0.266 e. The maximum atomic E-state index is 14.4. The van der Waals surface area contributed by atoms with E-state index in [-0.39, 0.29) is 18.9 Å². The van der Waals surface area contributed by atoms with Gasteiger partial charge < -0.3 is 24.1 Å². The molecule has 2 aliphatic rings. The van der Waals surface area contributed by atoms with Crippen molar-refractivity contribution in [2.24, 2.45) is 4.99 Å². The molecular weight excluding hydrogens is 628 g/mol. The summed E-state index contributed by atoms with van der Waals surface area (Å²) in [6.45, 7) is 4.99. The Kier molecular flexibility index (Phi) is 11.2. The van der Waals surface area contributed by atoms with Crippen LogP contribution in [0.2, 0.25) is 0 Å². The Morgan fingerprint density at radius 3 is 2.64 bits per heavy atom. The lowest BCUT2D eigenvalue weighted by atomic mass is 9.82. The number of nitrogens with zero attached hydrogens (tertiary/aromatic N) is 2. The third-order valence-corrected chi connectivity index (χ3v) is 8.48. The van der Waals surface area contributed by atoms with E-state index in [2.05, 4.69) is 31.7 Å². The van der Waals surface area contributed by atoms with Gasteiger partial charge in [0.2, 0.25) is 5.90 Å². The molecule has 3 aromatic rings. The third-order valence-electron chi connectivity index (χ3n) is 7.70. The number of benzene rings is 3. The Balaban J connectivity index is 1.48. The van der Waals surface area contributed by atoms with Gasteiger partial charge in [0.05, 0.1) is 26.9 Å². The van der Waals surface area contributed by atoms with Crippen molar-refractivity contribution >= 4 is 27.7 Å². The fraction of sp³-hybridized carbons (Fsp3) is 0.394. The summed E-state index contributed by atoms with van der Waals surface area (Å²) in [6, 6.07) is 22.8. The first-order chi connectivity index (χ1) is 21.5. The van der Waals surface area contributed by atoms with E-state index < -0.39 is 11.6 Å². The van der Waals surface area contributed by atoms with Crippen LogP contribution in [0, 0.1) is 0 Å². The molecule has 0 spiro atoms. The largest absolute Gasteiger partial charge is 0.497 e. The number of carbonyl (C=O) groups excluding carboxylic acids is 1. The van der Waals surface area contributed by atoms with Crippen LogP contribution < -0.4 is 20.3 Å². The summed E-state index contributed by atoms with van der Waals surface area (Å²) >= 11 is 3.68. The van der Waals surface area contributed by atoms with Crippen molar-refractivity contribution in [3.8, 4) is 11.5 Å². The summed E-state index contributed by atoms with van der Waals surface area (Å²) in [5, 5.41) is 9.06. The van der Waals surface area contributed by atoms with E-state index >= 15 is 0 Å². The Morgan fingerprint density at radius 1 is 1.09 bits per heavy atom. The van der Waals surface area contributed by atoms with Crippen LogP contribution in [0.1, 0.15) is 29.2 Å². The van der Waals surface area contributed by atoms with Gasteiger partial charge in [0.25, 0.3) is 5.91 Å². The standard InChI is InChI=1S/C33H39BrN4O6/c1-41-28-8-4-7-25(22-28)30-33(23-26-6-2-3-9-29(26)34,32(40)37-35-14-15-38-16-20-42-21-17-38)36-31(44-30)24-10-12-27(13-11-24)43-19-5-18-39/h2-4,6-13,22,30,35,39H,5,14-21,23H2,1H3,(H,37,40)/t30-,33-/m0/s1. The topological polar surface area (TPSA) is 114 Å². The molecule has 0 aromatic heterocycles. The van der Waals surface area contributed by atoms with Crippen LogP contribution in [-0.2, 0) is 20.7 Å². The van der Waals surface area contributed by atoms with Gasteiger partial charge in [-0.05, 0) is 53.6 Å². The molecule has 3 N–H and O–H groups in total. The predicted octanol–water partition coefficient (Wildman–Crippen LogP) is 3.67. The van der Waals surface area contributed by atoms with E-state index in [9.17, 15) is 4.79 Å². The second-order valence-electron chi connectivity index (χ2n) is 10.7. The fourth-order valence-electron chi connectivity index (χ4n) is 5.31. The number of aliphatic imine (C=N–C) groups is 1. The number of carbonyl (C=O) groups is 1. The second kappa shape index (κ2) is 15.5. The minimum Gasteiger partial charge on any atom is -0.497 e. The van der Waals surface area contributed by atoms with Crippen LogP contribution >= 0.6 is 15.9 Å². The maximum absolute atomic E-state index is 14.4.